The summed E-state index contributed by atoms with van der Waals surface area (Å²) in [4.78, 5) is 19.8. The van der Waals surface area contributed by atoms with Crippen molar-refractivity contribution in [1.82, 2.24) is 24.7 Å². The van der Waals surface area contributed by atoms with Crippen LogP contribution >= 0.6 is 11.8 Å². The van der Waals surface area contributed by atoms with Crippen LogP contribution in [0.25, 0.3) is 10.9 Å². The maximum atomic E-state index is 12.4. The molecule has 1 aliphatic heterocycles. The fraction of sp³-hybridized carbons (Fsp3) is 0.368. The van der Waals surface area contributed by atoms with Crippen LogP contribution in [-0.4, -0.2) is 44.7 Å². The van der Waals surface area contributed by atoms with Crippen molar-refractivity contribution in [2.24, 2.45) is 0 Å². The predicted octanol–water partition coefficient (Wildman–Crippen LogP) is 2.46. The van der Waals surface area contributed by atoms with E-state index in [1.807, 2.05) is 23.6 Å². The van der Waals surface area contributed by atoms with Gasteiger partial charge in [0.1, 0.15) is 11.6 Å². The molecule has 1 aliphatic rings. The first-order chi connectivity index (χ1) is 13.9. The standard InChI is InChI=1S/C19H21N5O3S2/c1-3-9-24-17(13-8-10-29(26,27)11-13)22-23-19(24)28-12(2)16-20-15-7-5-4-6-14(15)18(25)21-16/h3-7,12-13H,1,8-11H2,2H3,(H,20,21,25). The average molecular weight is 432 g/mol. The number of aromatic nitrogens is 5. The SMILES string of the molecule is C=CCn1c(SC(C)c2nc3ccccc3c(=O)[nH]2)nnc1C1CCS(=O)(=O)C1. The molecule has 0 amide bonds. The number of sulfone groups is 1. The minimum absolute atomic E-state index is 0.0993. The molecule has 1 saturated heterocycles. The van der Waals surface area contributed by atoms with Crippen LogP contribution in [0.5, 0.6) is 0 Å². The van der Waals surface area contributed by atoms with Gasteiger partial charge in [0.2, 0.25) is 0 Å². The Morgan fingerprint density at radius 1 is 1.38 bits per heavy atom. The van der Waals surface area contributed by atoms with Gasteiger partial charge in [-0.2, -0.15) is 0 Å². The summed E-state index contributed by atoms with van der Waals surface area (Å²) in [6.07, 6.45) is 2.29. The molecule has 3 heterocycles. The van der Waals surface area contributed by atoms with E-state index in [2.05, 4.69) is 26.7 Å². The second kappa shape index (κ2) is 7.75. The normalized spacial score (nSPS) is 19.4. The van der Waals surface area contributed by atoms with Crippen molar-refractivity contribution in [2.45, 2.75) is 36.2 Å². The van der Waals surface area contributed by atoms with Crippen molar-refractivity contribution in [1.29, 1.82) is 0 Å². The number of nitrogens with zero attached hydrogens (tertiary/aromatic N) is 4. The van der Waals surface area contributed by atoms with Crippen LogP contribution in [0.2, 0.25) is 0 Å². The fourth-order valence-corrected chi connectivity index (χ4v) is 6.16. The summed E-state index contributed by atoms with van der Waals surface area (Å²) in [7, 11) is -3.02. The molecule has 1 N–H and O–H groups in total. The van der Waals surface area contributed by atoms with Crippen LogP contribution in [0.4, 0.5) is 0 Å². The van der Waals surface area contributed by atoms with Gasteiger partial charge in [0.15, 0.2) is 15.0 Å². The molecule has 3 aromatic rings. The number of nitrogens with one attached hydrogen (secondary N) is 1. The number of para-hydroxylation sites is 1. The molecule has 0 saturated carbocycles. The summed E-state index contributed by atoms with van der Waals surface area (Å²) in [5, 5.41) is 9.59. The van der Waals surface area contributed by atoms with Crippen molar-refractivity contribution in [2.75, 3.05) is 11.5 Å². The molecule has 2 atom stereocenters. The highest BCUT2D eigenvalue weighted by Crippen LogP contribution is 2.35. The highest BCUT2D eigenvalue weighted by Gasteiger charge is 2.33. The third-order valence-corrected chi connectivity index (χ3v) is 7.81. The van der Waals surface area contributed by atoms with E-state index in [0.717, 1.165) is 0 Å². The van der Waals surface area contributed by atoms with Gasteiger partial charge in [-0.25, -0.2) is 13.4 Å². The topological polar surface area (TPSA) is 111 Å². The summed E-state index contributed by atoms with van der Waals surface area (Å²) >= 11 is 1.42. The Balaban J connectivity index is 1.64. The molecule has 8 nitrogen and oxygen atoms in total. The molecule has 2 unspecified atom stereocenters. The van der Waals surface area contributed by atoms with Crippen molar-refractivity contribution < 1.29 is 8.42 Å². The average Bonchev–Trinajstić information content (AvgIpc) is 3.25. The van der Waals surface area contributed by atoms with Crippen LogP contribution in [-0.2, 0) is 16.4 Å². The van der Waals surface area contributed by atoms with E-state index in [9.17, 15) is 13.2 Å². The summed E-state index contributed by atoms with van der Waals surface area (Å²) in [5.74, 6) is 1.34. The number of fused-ring (bicyclic) bond motifs is 1. The lowest BCUT2D eigenvalue weighted by atomic mass is 10.1. The first-order valence-corrected chi connectivity index (χ1v) is 12.0. The Morgan fingerprint density at radius 3 is 2.90 bits per heavy atom. The smallest absolute Gasteiger partial charge is 0.258 e. The van der Waals surface area contributed by atoms with E-state index in [1.54, 1.807) is 18.2 Å². The minimum Gasteiger partial charge on any atom is -0.309 e. The number of hydrogen-bond donors (Lipinski definition) is 1. The highest BCUT2D eigenvalue weighted by molar-refractivity contribution is 7.99. The van der Waals surface area contributed by atoms with E-state index >= 15 is 0 Å². The summed E-state index contributed by atoms with van der Waals surface area (Å²) < 4.78 is 25.6. The number of H-pyrrole nitrogens is 1. The molecular formula is C19H21N5O3S2. The minimum atomic E-state index is -3.02. The molecule has 10 heteroatoms. The van der Waals surface area contributed by atoms with E-state index in [0.29, 0.717) is 40.7 Å². The number of rotatable bonds is 6. The van der Waals surface area contributed by atoms with E-state index in [1.165, 1.54) is 11.8 Å². The Morgan fingerprint density at radius 2 is 2.17 bits per heavy atom. The number of hydrogen-bond acceptors (Lipinski definition) is 7. The molecule has 1 aromatic carbocycles. The summed E-state index contributed by atoms with van der Waals surface area (Å²) in [6.45, 7) is 6.21. The third-order valence-electron chi connectivity index (χ3n) is 4.95. The van der Waals surface area contributed by atoms with Crippen molar-refractivity contribution >= 4 is 32.5 Å². The van der Waals surface area contributed by atoms with Gasteiger partial charge in [0.25, 0.3) is 5.56 Å². The molecule has 0 spiro atoms. The molecule has 1 fully saturated rings. The molecule has 0 aliphatic carbocycles. The van der Waals surface area contributed by atoms with Crippen molar-refractivity contribution in [3.8, 4) is 0 Å². The van der Waals surface area contributed by atoms with E-state index < -0.39 is 9.84 Å². The van der Waals surface area contributed by atoms with Crippen LogP contribution in [0.15, 0.2) is 46.9 Å². The van der Waals surface area contributed by atoms with Gasteiger partial charge in [0, 0.05) is 12.5 Å². The molecule has 4 rings (SSSR count). The zero-order valence-electron chi connectivity index (χ0n) is 15.9. The Kier molecular flexibility index (Phi) is 5.30. The second-order valence-corrected chi connectivity index (χ2v) is 10.6. The Bertz CT molecular complexity index is 1230. The molecule has 0 bridgehead atoms. The molecule has 0 radical (unpaired) electrons. The van der Waals surface area contributed by atoms with Crippen LogP contribution in [0, 0.1) is 0 Å². The van der Waals surface area contributed by atoms with Gasteiger partial charge in [-0.05, 0) is 25.5 Å². The lowest BCUT2D eigenvalue weighted by Crippen LogP contribution is -2.13. The van der Waals surface area contributed by atoms with Gasteiger partial charge in [0.05, 0.1) is 27.7 Å². The summed E-state index contributed by atoms with van der Waals surface area (Å²) in [6, 6.07) is 7.20. The van der Waals surface area contributed by atoms with Crippen LogP contribution in [0.1, 0.15) is 36.2 Å². The number of allylic oxidation sites excluding steroid dienone is 1. The molecule has 152 valence electrons. The molecule has 2 aromatic heterocycles. The zero-order chi connectivity index (χ0) is 20.6. The monoisotopic (exact) mass is 431 g/mol. The van der Waals surface area contributed by atoms with Gasteiger partial charge in [-0.3, -0.25) is 4.79 Å². The van der Waals surface area contributed by atoms with Gasteiger partial charge >= 0.3 is 0 Å². The Hall–Kier alpha value is -2.46. The molecule has 29 heavy (non-hydrogen) atoms. The third kappa shape index (κ3) is 3.99. The van der Waals surface area contributed by atoms with E-state index in [-0.39, 0.29) is 28.2 Å². The largest absolute Gasteiger partial charge is 0.309 e. The maximum absolute atomic E-state index is 12.4. The number of benzene rings is 1. The Labute approximate surface area is 172 Å². The fourth-order valence-electron chi connectivity index (χ4n) is 3.50. The highest BCUT2D eigenvalue weighted by atomic mass is 32.2. The number of thioether (sulfide) groups is 1. The predicted molar refractivity (Wildman–Crippen MR) is 113 cm³/mol. The van der Waals surface area contributed by atoms with Gasteiger partial charge in [-0.15, -0.1) is 16.8 Å². The van der Waals surface area contributed by atoms with Crippen molar-refractivity contribution in [3.63, 3.8) is 0 Å². The van der Waals surface area contributed by atoms with E-state index in [4.69, 9.17) is 0 Å². The van der Waals surface area contributed by atoms with Crippen LogP contribution in [0.3, 0.4) is 0 Å². The summed E-state index contributed by atoms with van der Waals surface area (Å²) in [5.41, 5.74) is 0.463. The van der Waals surface area contributed by atoms with Gasteiger partial charge < -0.3 is 9.55 Å². The van der Waals surface area contributed by atoms with Crippen molar-refractivity contribution in [3.05, 3.63) is 58.9 Å². The van der Waals surface area contributed by atoms with Crippen LogP contribution < -0.4 is 5.56 Å². The molecular weight excluding hydrogens is 410 g/mol. The zero-order valence-corrected chi connectivity index (χ0v) is 17.5. The lowest BCUT2D eigenvalue weighted by Gasteiger charge is -2.14. The second-order valence-electron chi connectivity index (χ2n) is 7.07. The first-order valence-electron chi connectivity index (χ1n) is 9.28. The first kappa shape index (κ1) is 19.8. The quantitative estimate of drug-likeness (QED) is 0.471. The number of aromatic amines is 1. The lowest BCUT2D eigenvalue weighted by molar-refractivity contribution is 0.597. The van der Waals surface area contributed by atoms with Gasteiger partial charge in [-0.1, -0.05) is 30.0 Å². The maximum Gasteiger partial charge on any atom is 0.258 e.